The van der Waals surface area contributed by atoms with Gasteiger partial charge in [-0.3, -0.25) is 9.69 Å². The first-order valence-electron chi connectivity index (χ1n) is 8.58. The summed E-state index contributed by atoms with van der Waals surface area (Å²) >= 11 is 0. The quantitative estimate of drug-likeness (QED) is 0.861. The number of piperidine rings is 1. The van der Waals surface area contributed by atoms with Crippen molar-refractivity contribution in [3.8, 4) is 0 Å². The highest BCUT2D eigenvalue weighted by atomic mass is 19.1. The van der Waals surface area contributed by atoms with Crippen LogP contribution in [0.25, 0.3) is 0 Å². The third kappa shape index (κ3) is 2.82. The number of carbonyl (C=O) groups excluding carboxylic acids is 1. The van der Waals surface area contributed by atoms with Crippen LogP contribution in [0.2, 0.25) is 0 Å². The normalized spacial score (nSPS) is 24.2. The van der Waals surface area contributed by atoms with E-state index < -0.39 is 0 Å². The van der Waals surface area contributed by atoms with Gasteiger partial charge in [0, 0.05) is 31.2 Å². The van der Waals surface area contributed by atoms with E-state index in [4.69, 9.17) is 0 Å². The Morgan fingerprint density at radius 1 is 0.958 bits per heavy atom. The molecule has 2 aromatic carbocycles. The van der Waals surface area contributed by atoms with Crippen LogP contribution in [-0.2, 0) is 11.3 Å². The number of anilines is 1. The monoisotopic (exact) mass is 324 g/mol. The molecular formula is C20H21FN2O. The summed E-state index contributed by atoms with van der Waals surface area (Å²) in [5.74, 6) is 0.0302. The number of carbonyl (C=O) groups is 1. The number of rotatable bonds is 3. The van der Waals surface area contributed by atoms with Gasteiger partial charge in [-0.1, -0.05) is 30.3 Å². The van der Waals surface area contributed by atoms with Crippen LogP contribution in [0, 0.1) is 5.82 Å². The molecule has 4 heteroatoms. The molecule has 0 aliphatic carbocycles. The van der Waals surface area contributed by atoms with Crippen LogP contribution in [-0.4, -0.2) is 29.4 Å². The van der Waals surface area contributed by atoms with Gasteiger partial charge in [0.1, 0.15) is 5.82 Å². The lowest BCUT2D eigenvalue weighted by molar-refractivity contribution is -0.120. The number of hydrogen-bond acceptors (Lipinski definition) is 2. The molecule has 0 unspecified atom stereocenters. The fourth-order valence-corrected chi connectivity index (χ4v) is 4.10. The van der Waals surface area contributed by atoms with E-state index in [1.807, 2.05) is 47.4 Å². The minimum Gasteiger partial charge on any atom is -0.308 e. The van der Waals surface area contributed by atoms with Gasteiger partial charge in [-0.05, 0) is 42.7 Å². The molecule has 4 rings (SSSR count). The van der Waals surface area contributed by atoms with Crippen LogP contribution in [0.15, 0.2) is 54.6 Å². The Kier molecular flexibility index (Phi) is 4.07. The third-order valence-corrected chi connectivity index (χ3v) is 5.21. The van der Waals surface area contributed by atoms with Gasteiger partial charge in [0.05, 0.1) is 6.04 Å². The molecule has 0 saturated carbocycles. The molecule has 2 heterocycles. The first-order valence-corrected chi connectivity index (χ1v) is 8.58. The van der Waals surface area contributed by atoms with Crippen molar-refractivity contribution in [2.24, 2.45) is 0 Å². The van der Waals surface area contributed by atoms with E-state index in [1.54, 1.807) is 0 Å². The van der Waals surface area contributed by atoms with Crippen molar-refractivity contribution in [2.75, 3.05) is 11.4 Å². The zero-order valence-corrected chi connectivity index (χ0v) is 13.6. The molecule has 2 fully saturated rings. The fourth-order valence-electron chi connectivity index (χ4n) is 4.10. The predicted molar refractivity (Wildman–Crippen MR) is 92.2 cm³/mol. The Bertz CT molecular complexity index is 716. The van der Waals surface area contributed by atoms with E-state index in [-0.39, 0.29) is 17.8 Å². The predicted octanol–water partition coefficient (Wildman–Crippen LogP) is 3.60. The number of amides is 1. The summed E-state index contributed by atoms with van der Waals surface area (Å²) < 4.78 is 13.1. The Morgan fingerprint density at radius 2 is 1.71 bits per heavy atom. The summed E-state index contributed by atoms with van der Waals surface area (Å²) in [6.07, 6.45) is 2.50. The molecule has 2 saturated heterocycles. The van der Waals surface area contributed by atoms with Gasteiger partial charge in [-0.25, -0.2) is 4.39 Å². The van der Waals surface area contributed by atoms with E-state index in [0.717, 1.165) is 37.2 Å². The van der Waals surface area contributed by atoms with Gasteiger partial charge in [0.25, 0.3) is 0 Å². The van der Waals surface area contributed by atoms with Gasteiger partial charge in [0.15, 0.2) is 0 Å². The summed E-state index contributed by atoms with van der Waals surface area (Å²) in [5.41, 5.74) is 2.13. The van der Waals surface area contributed by atoms with Crippen molar-refractivity contribution < 1.29 is 9.18 Å². The van der Waals surface area contributed by atoms with E-state index in [2.05, 4.69) is 4.90 Å². The van der Waals surface area contributed by atoms with Gasteiger partial charge >= 0.3 is 0 Å². The van der Waals surface area contributed by atoms with E-state index in [1.165, 1.54) is 12.1 Å². The van der Waals surface area contributed by atoms with Gasteiger partial charge in [-0.2, -0.15) is 0 Å². The fraction of sp³-hybridized carbons (Fsp3) is 0.350. The van der Waals surface area contributed by atoms with Crippen molar-refractivity contribution in [2.45, 2.75) is 37.9 Å². The number of hydrogen-bond donors (Lipinski definition) is 0. The molecular weight excluding hydrogens is 303 g/mol. The standard InChI is InChI=1S/C20H21FN2O/c21-16-8-6-15(7-9-16)14-22-13-12-19-18(22)10-11-20(24)23(19)17-4-2-1-3-5-17/h1-9,18-19H,10-14H2/t18-,19-/m1/s1. The zero-order chi connectivity index (χ0) is 16.5. The number of likely N-dealkylation sites (tertiary alicyclic amines) is 1. The summed E-state index contributed by atoms with van der Waals surface area (Å²) in [5, 5.41) is 0. The molecule has 0 spiro atoms. The number of fused-ring (bicyclic) bond motifs is 1. The minimum absolute atomic E-state index is 0.198. The minimum atomic E-state index is -0.198. The maximum absolute atomic E-state index is 13.1. The Morgan fingerprint density at radius 3 is 2.46 bits per heavy atom. The molecule has 1 amide bonds. The molecule has 0 aromatic heterocycles. The molecule has 2 aliphatic rings. The van der Waals surface area contributed by atoms with Crippen LogP contribution in [0.1, 0.15) is 24.8 Å². The van der Waals surface area contributed by atoms with Crippen molar-refractivity contribution in [3.05, 3.63) is 66.0 Å². The Hall–Kier alpha value is -2.20. The Balaban J connectivity index is 1.54. The molecule has 24 heavy (non-hydrogen) atoms. The molecule has 2 aliphatic heterocycles. The van der Waals surface area contributed by atoms with Gasteiger partial charge < -0.3 is 4.90 Å². The highest BCUT2D eigenvalue weighted by Crippen LogP contribution is 2.35. The van der Waals surface area contributed by atoms with E-state index in [9.17, 15) is 9.18 Å². The highest BCUT2D eigenvalue weighted by Gasteiger charge is 2.43. The number of benzene rings is 2. The first-order chi connectivity index (χ1) is 11.7. The summed E-state index contributed by atoms with van der Waals surface area (Å²) in [7, 11) is 0. The summed E-state index contributed by atoms with van der Waals surface area (Å²) in [6.45, 7) is 1.79. The SMILES string of the molecule is O=C1CC[C@@H]2[C@@H](CCN2Cc2ccc(F)cc2)N1c1ccccc1. The zero-order valence-electron chi connectivity index (χ0n) is 13.6. The van der Waals surface area contributed by atoms with Crippen LogP contribution in [0.3, 0.4) is 0 Å². The van der Waals surface area contributed by atoms with Gasteiger partial charge in [-0.15, -0.1) is 0 Å². The van der Waals surface area contributed by atoms with E-state index in [0.29, 0.717) is 12.5 Å². The van der Waals surface area contributed by atoms with Crippen LogP contribution >= 0.6 is 0 Å². The maximum Gasteiger partial charge on any atom is 0.227 e. The lowest BCUT2D eigenvalue weighted by Crippen LogP contribution is -2.52. The third-order valence-electron chi connectivity index (χ3n) is 5.21. The largest absolute Gasteiger partial charge is 0.308 e. The lowest BCUT2D eigenvalue weighted by atomic mass is 9.95. The number of nitrogens with zero attached hydrogens (tertiary/aromatic N) is 2. The molecule has 0 radical (unpaired) electrons. The second-order valence-corrected chi connectivity index (χ2v) is 6.66. The average Bonchev–Trinajstić information content (AvgIpc) is 3.00. The molecule has 0 N–H and O–H groups in total. The van der Waals surface area contributed by atoms with Crippen molar-refractivity contribution in [1.82, 2.24) is 4.90 Å². The van der Waals surface area contributed by atoms with Crippen LogP contribution in [0.5, 0.6) is 0 Å². The summed E-state index contributed by atoms with van der Waals surface area (Å²) in [6, 6.07) is 17.3. The lowest BCUT2D eigenvalue weighted by Gasteiger charge is -2.40. The number of halogens is 1. The molecule has 2 atom stereocenters. The molecule has 124 valence electrons. The second-order valence-electron chi connectivity index (χ2n) is 6.66. The van der Waals surface area contributed by atoms with Crippen molar-refractivity contribution in [1.29, 1.82) is 0 Å². The smallest absolute Gasteiger partial charge is 0.227 e. The first kappa shape index (κ1) is 15.3. The summed E-state index contributed by atoms with van der Waals surface area (Å²) in [4.78, 5) is 16.9. The second kappa shape index (κ2) is 6.36. The van der Waals surface area contributed by atoms with Crippen molar-refractivity contribution in [3.63, 3.8) is 0 Å². The molecule has 3 nitrogen and oxygen atoms in total. The molecule has 2 aromatic rings. The van der Waals surface area contributed by atoms with Crippen molar-refractivity contribution >= 4 is 11.6 Å². The average molecular weight is 324 g/mol. The Labute approximate surface area is 141 Å². The van der Waals surface area contributed by atoms with Crippen LogP contribution in [0.4, 0.5) is 10.1 Å². The van der Waals surface area contributed by atoms with Gasteiger partial charge in [0.2, 0.25) is 5.91 Å². The topological polar surface area (TPSA) is 23.6 Å². The van der Waals surface area contributed by atoms with Crippen LogP contribution < -0.4 is 4.90 Å². The van der Waals surface area contributed by atoms with E-state index >= 15 is 0 Å². The maximum atomic E-state index is 13.1. The molecule has 0 bridgehead atoms. The number of para-hydroxylation sites is 1. The highest BCUT2D eigenvalue weighted by molar-refractivity contribution is 5.95.